The molecule has 4 nitrogen and oxygen atoms in total. The first-order chi connectivity index (χ1) is 12.3. The molecule has 0 spiro atoms. The van der Waals surface area contributed by atoms with Crippen molar-refractivity contribution in [1.82, 2.24) is 0 Å². The summed E-state index contributed by atoms with van der Waals surface area (Å²) in [7, 11) is 0. The third-order valence-electron chi connectivity index (χ3n) is 4.12. The van der Waals surface area contributed by atoms with Crippen LogP contribution < -0.4 is 4.74 Å². The van der Waals surface area contributed by atoms with E-state index < -0.39 is 12.1 Å². The molecule has 0 saturated carbocycles. The highest BCUT2D eigenvalue weighted by Crippen LogP contribution is 2.17. The van der Waals surface area contributed by atoms with Crippen LogP contribution in [0.25, 0.3) is 0 Å². The van der Waals surface area contributed by atoms with Crippen molar-refractivity contribution in [3.63, 3.8) is 0 Å². The highest BCUT2D eigenvalue weighted by atomic mass is 16.5. The zero-order valence-electron chi connectivity index (χ0n) is 15.6. The third kappa shape index (κ3) is 6.03. The molecule has 1 unspecified atom stereocenters. The molecule has 2 rings (SSSR count). The van der Waals surface area contributed by atoms with Gasteiger partial charge in [0.15, 0.2) is 6.10 Å². The quantitative estimate of drug-likeness (QED) is 0.671. The molecular formula is C22H26O4. The van der Waals surface area contributed by atoms with Crippen molar-refractivity contribution >= 4 is 11.8 Å². The summed E-state index contributed by atoms with van der Waals surface area (Å²) in [5, 5.41) is 8.72. The SMILES string of the molecule is CC(C)Cc1ccc(C(=O)C(C)Oc2ccc(CCC(=O)O)cc2)cc1. The van der Waals surface area contributed by atoms with Crippen LogP contribution in [0.3, 0.4) is 0 Å². The number of rotatable bonds is 9. The third-order valence-corrected chi connectivity index (χ3v) is 4.12. The number of aryl methyl sites for hydroxylation is 1. The van der Waals surface area contributed by atoms with Gasteiger partial charge in [-0.2, -0.15) is 0 Å². The Kier molecular flexibility index (Phi) is 6.96. The van der Waals surface area contributed by atoms with Crippen LogP contribution in [0.15, 0.2) is 48.5 Å². The Morgan fingerprint density at radius 1 is 0.923 bits per heavy atom. The molecular weight excluding hydrogens is 328 g/mol. The van der Waals surface area contributed by atoms with Gasteiger partial charge in [0.25, 0.3) is 0 Å². The summed E-state index contributed by atoms with van der Waals surface area (Å²) in [5.74, 6) is 0.304. The average Bonchev–Trinajstić information content (AvgIpc) is 2.60. The smallest absolute Gasteiger partial charge is 0.303 e. The van der Waals surface area contributed by atoms with Crippen LogP contribution in [0.4, 0.5) is 0 Å². The molecule has 1 atom stereocenters. The van der Waals surface area contributed by atoms with Crippen molar-refractivity contribution in [1.29, 1.82) is 0 Å². The van der Waals surface area contributed by atoms with Gasteiger partial charge in [0.1, 0.15) is 5.75 Å². The first-order valence-electron chi connectivity index (χ1n) is 8.95. The second kappa shape index (κ2) is 9.18. The fourth-order valence-electron chi connectivity index (χ4n) is 2.75. The standard InChI is InChI=1S/C22H26O4/c1-15(2)14-18-4-9-19(10-5-18)22(25)16(3)26-20-11-6-17(7-12-20)8-13-21(23)24/h4-7,9-12,15-16H,8,13-14H2,1-3H3,(H,23,24). The maximum atomic E-state index is 12.5. The minimum Gasteiger partial charge on any atom is -0.483 e. The zero-order valence-corrected chi connectivity index (χ0v) is 15.6. The summed E-state index contributed by atoms with van der Waals surface area (Å²) >= 11 is 0. The minimum atomic E-state index is -0.816. The van der Waals surface area contributed by atoms with Gasteiger partial charge in [-0.25, -0.2) is 0 Å². The van der Waals surface area contributed by atoms with Gasteiger partial charge in [0, 0.05) is 12.0 Å². The fraction of sp³-hybridized carbons (Fsp3) is 0.364. The molecule has 0 fully saturated rings. The molecule has 0 bridgehead atoms. The highest BCUT2D eigenvalue weighted by Gasteiger charge is 2.17. The molecule has 2 aromatic carbocycles. The summed E-state index contributed by atoms with van der Waals surface area (Å²) < 4.78 is 5.74. The number of carbonyl (C=O) groups is 2. The predicted octanol–water partition coefficient (Wildman–Crippen LogP) is 4.55. The monoisotopic (exact) mass is 354 g/mol. The number of ether oxygens (including phenoxy) is 1. The summed E-state index contributed by atoms with van der Waals surface area (Å²) in [6.07, 6.45) is 0.986. The van der Waals surface area contributed by atoms with Crippen molar-refractivity contribution in [2.45, 2.75) is 46.1 Å². The largest absolute Gasteiger partial charge is 0.483 e. The molecule has 0 radical (unpaired) electrons. The number of aliphatic carboxylic acids is 1. The number of hydrogen-bond donors (Lipinski definition) is 1. The van der Waals surface area contributed by atoms with Gasteiger partial charge in [-0.1, -0.05) is 50.2 Å². The van der Waals surface area contributed by atoms with E-state index in [2.05, 4.69) is 13.8 Å². The molecule has 26 heavy (non-hydrogen) atoms. The van der Waals surface area contributed by atoms with Crippen LogP contribution >= 0.6 is 0 Å². The topological polar surface area (TPSA) is 63.6 Å². The van der Waals surface area contributed by atoms with Gasteiger partial charge in [0.05, 0.1) is 0 Å². The fourth-order valence-corrected chi connectivity index (χ4v) is 2.75. The maximum absolute atomic E-state index is 12.5. The number of carboxylic acid groups (broad SMARTS) is 1. The summed E-state index contributed by atoms with van der Waals surface area (Å²) in [5.41, 5.74) is 2.80. The lowest BCUT2D eigenvalue weighted by Gasteiger charge is -2.14. The number of ketones is 1. The van der Waals surface area contributed by atoms with Gasteiger partial charge in [-0.3, -0.25) is 9.59 Å². The molecule has 0 aliphatic carbocycles. The van der Waals surface area contributed by atoms with Crippen LogP contribution in [-0.4, -0.2) is 23.0 Å². The molecule has 0 aliphatic rings. The van der Waals surface area contributed by atoms with Crippen LogP contribution in [0.2, 0.25) is 0 Å². The van der Waals surface area contributed by atoms with Crippen molar-refractivity contribution in [2.24, 2.45) is 5.92 Å². The lowest BCUT2D eigenvalue weighted by atomic mass is 9.99. The number of Topliss-reactive ketones (excluding diaryl/α,β-unsaturated/α-hetero) is 1. The number of carbonyl (C=O) groups excluding carboxylic acids is 1. The summed E-state index contributed by atoms with van der Waals surface area (Å²) in [4.78, 5) is 23.1. The second-order valence-electron chi connectivity index (χ2n) is 6.96. The molecule has 2 aromatic rings. The normalized spacial score (nSPS) is 12.0. The Morgan fingerprint density at radius 2 is 1.50 bits per heavy atom. The lowest BCUT2D eigenvalue weighted by molar-refractivity contribution is -0.136. The second-order valence-corrected chi connectivity index (χ2v) is 6.96. The first-order valence-corrected chi connectivity index (χ1v) is 8.95. The molecule has 1 N–H and O–H groups in total. The van der Waals surface area contributed by atoms with Gasteiger partial charge in [-0.05, 0) is 48.9 Å². The average molecular weight is 354 g/mol. The molecule has 138 valence electrons. The van der Waals surface area contributed by atoms with E-state index in [-0.39, 0.29) is 12.2 Å². The molecule has 0 saturated heterocycles. The minimum absolute atomic E-state index is 0.0592. The Morgan fingerprint density at radius 3 is 2.04 bits per heavy atom. The predicted molar refractivity (Wildman–Crippen MR) is 102 cm³/mol. The Hall–Kier alpha value is -2.62. The van der Waals surface area contributed by atoms with E-state index in [1.165, 1.54) is 5.56 Å². The van der Waals surface area contributed by atoms with Crippen molar-refractivity contribution in [2.75, 3.05) is 0 Å². The number of carboxylic acids is 1. The van der Waals surface area contributed by atoms with E-state index in [0.29, 0.717) is 23.7 Å². The number of benzene rings is 2. The van der Waals surface area contributed by atoms with Gasteiger partial charge in [0.2, 0.25) is 5.78 Å². The molecule has 0 aliphatic heterocycles. The molecule has 0 amide bonds. The summed E-state index contributed by atoms with van der Waals surface area (Å²) in [6, 6.07) is 14.9. The zero-order chi connectivity index (χ0) is 19.1. The van der Waals surface area contributed by atoms with Gasteiger partial charge in [-0.15, -0.1) is 0 Å². The molecule has 4 heteroatoms. The molecule has 0 heterocycles. The Balaban J connectivity index is 1.94. The van der Waals surface area contributed by atoms with Crippen LogP contribution in [-0.2, 0) is 17.6 Å². The van der Waals surface area contributed by atoms with Crippen LogP contribution in [0, 0.1) is 5.92 Å². The van der Waals surface area contributed by atoms with E-state index in [1.54, 1.807) is 19.1 Å². The van der Waals surface area contributed by atoms with Crippen molar-refractivity contribution < 1.29 is 19.4 Å². The van der Waals surface area contributed by atoms with Crippen molar-refractivity contribution in [3.8, 4) is 5.75 Å². The van der Waals surface area contributed by atoms with E-state index in [4.69, 9.17) is 9.84 Å². The lowest BCUT2D eigenvalue weighted by Crippen LogP contribution is -2.23. The van der Waals surface area contributed by atoms with Gasteiger partial charge < -0.3 is 9.84 Å². The maximum Gasteiger partial charge on any atom is 0.303 e. The Bertz CT molecular complexity index is 730. The van der Waals surface area contributed by atoms with Crippen LogP contribution in [0.1, 0.15) is 48.7 Å². The molecule has 0 aromatic heterocycles. The van der Waals surface area contributed by atoms with Gasteiger partial charge >= 0.3 is 5.97 Å². The Labute approximate surface area is 154 Å². The first kappa shape index (κ1) is 19.7. The van der Waals surface area contributed by atoms with E-state index in [0.717, 1.165) is 12.0 Å². The van der Waals surface area contributed by atoms with Crippen molar-refractivity contribution in [3.05, 3.63) is 65.2 Å². The summed E-state index contributed by atoms with van der Waals surface area (Å²) in [6.45, 7) is 6.08. The van der Waals surface area contributed by atoms with Crippen LogP contribution in [0.5, 0.6) is 5.75 Å². The van der Waals surface area contributed by atoms with E-state index in [9.17, 15) is 9.59 Å². The van der Waals surface area contributed by atoms with E-state index in [1.807, 2.05) is 36.4 Å². The highest BCUT2D eigenvalue weighted by molar-refractivity contribution is 5.99. The van der Waals surface area contributed by atoms with E-state index >= 15 is 0 Å². The number of hydrogen-bond acceptors (Lipinski definition) is 3.